The molecular formula is C16H23N3O2S. The Labute approximate surface area is 135 Å². The average Bonchev–Trinajstić information content (AvgIpc) is 3.00. The van der Waals surface area contributed by atoms with E-state index in [9.17, 15) is 9.59 Å². The molecule has 0 unspecified atom stereocenters. The first-order valence-electron chi connectivity index (χ1n) is 7.76. The Hall–Kier alpha value is -1.69. The quantitative estimate of drug-likeness (QED) is 0.754. The highest BCUT2D eigenvalue weighted by Crippen LogP contribution is 2.37. The van der Waals surface area contributed by atoms with Gasteiger partial charge in [0.05, 0.1) is 12.2 Å². The van der Waals surface area contributed by atoms with Crippen LogP contribution in [0.2, 0.25) is 0 Å². The molecule has 6 heteroatoms. The van der Waals surface area contributed by atoms with Crippen molar-refractivity contribution in [2.45, 2.75) is 42.8 Å². The van der Waals surface area contributed by atoms with E-state index in [1.807, 2.05) is 43.0 Å². The largest absolute Gasteiger partial charge is 0.355 e. The SMILES string of the molecule is CCNC(=O)CNC(=O)Nc1ccccc1SC1CCCC1. The first-order valence-corrected chi connectivity index (χ1v) is 8.64. The molecule has 0 bridgehead atoms. The van der Waals surface area contributed by atoms with Gasteiger partial charge in [-0.3, -0.25) is 4.79 Å². The number of rotatable bonds is 6. The third kappa shape index (κ3) is 5.26. The highest BCUT2D eigenvalue weighted by Gasteiger charge is 2.18. The van der Waals surface area contributed by atoms with Crippen LogP contribution in [0.5, 0.6) is 0 Å². The van der Waals surface area contributed by atoms with Crippen LogP contribution in [0.3, 0.4) is 0 Å². The van der Waals surface area contributed by atoms with Crippen molar-refractivity contribution < 1.29 is 9.59 Å². The van der Waals surface area contributed by atoms with Gasteiger partial charge in [-0.1, -0.05) is 25.0 Å². The Morgan fingerprint density at radius 1 is 1.18 bits per heavy atom. The Morgan fingerprint density at radius 2 is 1.91 bits per heavy atom. The molecule has 2 rings (SSSR count). The second-order valence-corrected chi connectivity index (χ2v) is 6.62. The van der Waals surface area contributed by atoms with E-state index in [0.29, 0.717) is 11.8 Å². The zero-order chi connectivity index (χ0) is 15.8. The number of anilines is 1. The molecule has 0 aliphatic heterocycles. The summed E-state index contributed by atoms with van der Waals surface area (Å²) in [5.74, 6) is -0.189. The van der Waals surface area contributed by atoms with Crippen molar-refractivity contribution in [1.82, 2.24) is 10.6 Å². The molecule has 1 saturated carbocycles. The van der Waals surface area contributed by atoms with Crippen LogP contribution in [0, 0.1) is 0 Å². The van der Waals surface area contributed by atoms with E-state index in [2.05, 4.69) is 16.0 Å². The van der Waals surface area contributed by atoms with Crippen LogP contribution in [0.1, 0.15) is 32.6 Å². The van der Waals surface area contributed by atoms with E-state index < -0.39 is 0 Å². The monoisotopic (exact) mass is 321 g/mol. The minimum Gasteiger partial charge on any atom is -0.355 e. The second-order valence-electron chi connectivity index (χ2n) is 5.28. The van der Waals surface area contributed by atoms with Gasteiger partial charge in [0.25, 0.3) is 0 Å². The molecule has 3 amide bonds. The zero-order valence-electron chi connectivity index (χ0n) is 12.9. The fourth-order valence-electron chi connectivity index (χ4n) is 2.45. The summed E-state index contributed by atoms with van der Waals surface area (Å²) < 4.78 is 0. The minimum absolute atomic E-state index is 0.0163. The standard InChI is InChI=1S/C16H23N3O2S/c1-2-17-15(20)11-18-16(21)19-13-9-5-6-10-14(13)22-12-7-3-4-8-12/h5-6,9-10,12H,2-4,7-8,11H2,1H3,(H,17,20)(H2,18,19,21). The first kappa shape index (κ1) is 16.7. The fraction of sp³-hybridized carbons (Fsp3) is 0.500. The van der Waals surface area contributed by atoms with Crippen LogP contribution >= 0.6 is 11.8 Å². The smallest absolute Gasteiger partial charge is 0.319 e. The number of hydrogen-bond donors (Lipinski definition) is 3. The number of urea groups is 1. The van der Waals surface area contributed by atoms with Gasteiger partial charge in [0, 0.05) is 16.7 Å². The van der Waals surface area contributed by atoms with Crippen LogP contribution in [0.4, 0.5) is 10.5 Å². The second kappa shape index (κ2) is 8.68. The number of benzene rings is 1. The van der Waals surface area contributed by atoms with Gasteiger partial charge in [0.15, 0.2) is 0 Å². The summed E-state index contributed by atoms with van der Waals surface area (Å²) in [6.07, 6.45) is 5.06. The highest BCUT2D eigenvalue weighted by molar-refractivity contribution is 8.00. The van der Waals surface area contributed by atoms with Crippen LogP contribution < -0.4 is 16.0 Å². The van der Waals surface area contributed by atoms with Crippen molar-refractivity contribution in [3.8, 4) is 0 Å². The van der Waals surface area contributed by atoms with Crippen molar-refractivity contribution in [2.75, 3.05) is 18.4 Å². The van der Waals surface area contributed by atoms with Gasteiger partial charge in [-0.05, 0) is 31.9 Å². The third-order valence-corrected chi connectivity index (χ3v) is 4.93. The predicted molar refractivity (Wildman–Crippen MR) is 90.3 cm³/mol. The van der Waals surface area contributed by atoms with Gasteiger partial charge >= 0.3 is 6.03 Å². The van der Waals surface area contributed by atoms with E-state index in [-0.39, 0.29) is 18.5 Å². The summed E-state index contributed by atoms with van der Waals surface area (Å²) in [6.45, 7) is 2.38. The molecule has 0 aromatic heterocycles. The van der Waals surface area contributed by atoms with Gasteiger partial charge in [0.2, 0.25) is 5.91 Å². The number of likely N-dealkylation sites (N-methyl/N-ethyl adjacent to an activating group) is 1. The first-order chi connectivity index (χ1) is 10.7. The molecule has 22 heavy (non-hydrogen) atoms. The number of nitrogens with one attached hydrogen (secondary N) is 3. The Bertz CT molecular complexity index is 516. The number of hydrogen-bond acceptors (Lipinski definition) is 3. The van der Waals surface area contributed by atoms with Gasteiger partial charge in [-0.2, -0.15) is 0 Å². The lowest BCUT2D eigenvalue weighted by atomic mass is 10.3. The molecule has 0 saturated heterocycles. The molecule has 0 atom stereocenters. The van der Waals surface area contributed by atoms with E-state index in [4.69, 9.17) is 0 Å². The number of carbonyl (C=O) groups is 2. The van der Waals surface area contributed by atoms with Gasteiger partial charge in [0.1, 0.15) is 0 Å². The Morgan fingerprint density at radius 3 is 2.64 bits per heavy atom. The predicted octanol–water partition coefficient (Wildman–Crippen LogP) is 2.98. The Kier molecular flexibility index (Phi) is 6.58. The molecule has 1 aromatic carbocycles. The van der Waals surface area contributed by atoms with Crippen molar-refractivity contribution in [3.63, 3.8) is 0 Å². The lowest BCUT2D eigenvalue weighted by molar-refractivity contribution is -0.119. The molecule has 1 aliphatic rings. The maximum atomic E-state index is 11.9. The van der Waals surface area contributed by atoms with Gasteiger partial charge in [-0.25, -0.2) is 4.79 Å². The summed E-state index contributed by atoms with van der Waals surface area (Å²) in [5, 5.41) is 8.68. The van der Waals surface area contributed by atoms with E-state index in [1.165, 1.54) is 25.7 Å². The van der Waals surface area contributed by atoms with Crippen LogP contribution in [0.15, 0.2) is 29.2 Å². The van der Waals surface area contributed by atoms with Crippen molar-refractivity contribution in [3.05, 3.63) is 24.3 Å². The van der Waals surface area contributed by atoms with Crippen molar-refractivity contribution in [1.29, 1.82) is 0 Å². The maximum Gasteiger partial charge on any atom is 0.319 e. The number of thioether (sulfide) groups is 1. The van der Waals surface area contributed by atoms with Crippen LogP contribution in [-0.4, -0.2) is 30.3 Å². The summed E-state index contributed by atoms with van der Waals surface area (Å²) in [5.41, 5.74) is 0.799. The molecule has 0 spiro atoms. The molecular weight excluding hydrogens is 298 g/mol. The third-order valence-electron chi connectivity index (χ3n) is 3.51. The summed E-state index contributed by atoms with van der Waals surface area (Å²) in [4.78, 5) is 24.3. The zero-order valence-corrected chi connectivity index (χ0v) is 13.7. The summed E-state index contributed by atoms with van der Waals surface area (Å²) in [7, 11) is 0. The van der Waals surface area contributed by atoms with E-state index in [0.717, 1.165) is 10.6 Å². The van der Waals surface area contributed by atoms with Crippen molar-refractivity contribution >= 4 is 29.4 Å². The number of amides is 3. The molecule has 1 aliphatic carbocycles. The molecule has 120 valence electrons. The normalized spacial score (nSPS) is 14.6. The molecule has 1 aromatic rings. The topological polar surface area (TPSA) is 70.2 Å². The van der Waals surface area contributed by atoms with Crippen LogP contribution in [0.25, 0.3) is 0 Å². The lowest BCUT2D eigenvalue weighted by Crippen LogP contribution is -2.38. The number of carbonyl (C=O) groups excluding carboxylic acids is 2. The van der Waals surface area contributed by atoms with Gasteiger partial charge in [-0.15, -0.1) is 11.8 Å². The number of para-hydroxylation sites is 1. The van der Waals surface area contributed by atoms with E-state index in [1.54, 1.807) is 0 Å². The highest BCUT2D eigenvalue weighted by atomic mass is 32.2. The lowest BCUT2D eigenvalue weighted by Gasteiger charge is -2.14. The average molecular weight is 321 g/mol. The summed E-state index contributed by atoms with van der Waals surface area (Å²) >= 11 is 1.83. The van der Waals surface area contributed by atoms with Crippen LogP contribution in [-0.2, 0) is 4.79 Å². The molecule has 1 fully saturated rings. The van der Waals surface area contributed by atoms with Gasteiger partial charge < -0.3 is 16.0 Å². The van der Waals surface area contributed by atoms with E-state index >= 15 is 0 Å². The minimum atomic E-state index is -0.356. The fourth-order valence-corrected chi connectivity index (χ4v) is 3.78. The molecule has 5 nitrogen and oxygen atoms in total. The van der Waals surface area contributed by atoms with Crippen molar-refractivity contribution in [2.24, 2.45) is 0 Å². The molecule has 3 N–H and O–H groups in total. The molecule has 0 radical (unpaired) electrons. The maximum absolute atomic E-state index is 11.9. The molecule has 0 heterocycles. The Balaban J connectivity index is 1.88. The summed E-state index contributed by atoms with van der Waals surface area (Å²) in [6, 6.07) is 7.45.